The van der Waals surface area contributed by atoms with Crippen LogP contribution >= 0.6 is 0 Å². The van der Waals surface area contributed by atoms with Gasteiger partial charge in [0, 0.05) is 32.8 Å². The molecule has 0 atom stereocenters. The van der Waals surface area contributed by atoms with Gasteiger partial charge in [0.25, 0.3) is 0 Å². The first-order valence-corrected chi connectivity index (χ1v) is 8.41. The first-order valence-electron chi connectivity index (χ1n) is 6.97. The van der Waals surface area contributed by atoms with Gasteiger partial charge in [0.15, 0.2) is 0 Å². The van der Waals surface area contributed by atoms with E-state index < -0.39 is 10.0 Å². The van der Waals surface area contributed by atoms with E-state index in [0.29, 0.717) is 32.6 Å². The quantitative estimate of drug-likeness (QED) is 0.754. The highest BCUT2D eigenvalue weighted by Crippen LogP contribution is 2.18. The summed E-state index contributed by atoms with van der Waals surface area (Å²) >= 11 is 0. The third-order valence-corrected chi connectivity index (χ3v) is 5.52. The Balaban J connectivity index is 2.07. The third-order valence-electron chi connectivity index (χ3n) is 3.61. The lowest BCUT2D eigenvalue weighted by molar-refractivity contribution is -0.119. The Morgan fingerprint density at radius 2 is 1.71 bits per heavy atom. The number of sulfonamides is 1. The van der Waals surface area contributed by atoms with Crippen molar-refractivity contribution in [2.24, 2.45) is 0 Å². The number of nitrogens with zero attached hydrogens (tertiary/aromatic N) is 2. The lowest BCUT2D eigenvalue weighted by Gasteiger charge is -2.31. The molecule has 2 rings (SSSR count). The molecule has 0 radical (unpaired) electrons. The molecule has 0 spiro atoms. The molecule has 1 heterocycles. The van der Waals surface area contributed by atoms with Crippen LogP contribution in [-0.2, 0) is 21.2 Å². The van der Waals surface area contributed by atoms with E-state index in [1.54, 1.807) is 29.2 Å². The Labute approximate surface area is 125 Å². The zero-order valence-corrected chi connectivity index (χ0v) is 12.6. The van der Waals surface area contributed by atoms with E-state index >= 15 is 0 Å². The molecule has 1 aliphatic heterocycles. The molecule has 1 aromatic rings. The van der Waals surface area contributed by atoms with E-state index in [4.69, 9.17) is 5.11 Å². The summed E-state index contributed by atoms with van der Waals surface area (Å²) in [5, 5.41) is 8.79. The predicted octanol–water partition coefficient (Wildman–Crippen LogP) is 0.0742. The van der Waals surface area contributed by atoms with Gasteiger partial charge in [0.2, 0.25) is 16.4 Å². The van der Waals surface area contributed by atoms with E-state index in [2.05, 4.69) is 0 Å². The minimum Gasteiger partial charge on any atom is -0.396 e. The lowest BCUT2D eigenvalue weighted by Crippen LogP contribution is -2.47. The van der Waals surface area contributed by atoms with Crippen molar-refractivity contribution in [3.63, 3.8) is 0 Å². The molecule has 1 amide bonds. The van der Waals surface area contributed by atoms with Crippen molar-refractivity contribution in [3.8, 4) is 0 Å². The number of aliphatic hydroxyl groups is 1. The predicted molar refractivity (Wildman–Crippen MR) is 78.2 cm³/mol. The average Bonchev–Trinajstić information content (AvgIpc) is 2.53. The first-order chi connectivity index (χ1) is 10.1. The number of benzene rings is 1. The molecule has 6 nitrogen and oxygen atoms in total. The SMILES string of the molecule is O=CN1CCN(S(=O)(=O)c2ccc(CCCO)cc2)CC1. The van der Waals surface area contributed by atoms with Gasteiger partial charge in [-0.05, 0) is 30.5 Å². The summed E-state index contributed by atoms with van der Waals surface area (Å²) in [6, 6.07) is 6.77. The minimum atomic E-state index is -3.49. The second kappa shape index (κ2) is 7.02. The number of hydrogen-bond donors (Lipinski definition) is 1. The van der Waals surface area contributed by atoms with Crippen molar-refractivity contribution in [3.05, 3.63) is 29.8 Å². The fourth-order valence-electron chi connectivity index (χ4n) is 2.31. The number of amides is 1. The second-order valence-corrected chi connectivity index (χ2v) is 6.95. The van der Waals surface area contributed by atoms with Crippen LogP contribution in [0.15, 0.2) is 29.2 Å². The zero-order chi connectivity index (χ0) is 15.3. The average molecular weight is 312 g/mol. The number of hydrogen-bond acceptors (Lipinski definition) is 4. The Kier molecular flexibility index (Phi) is 5.33. The van der Waals surface area contributed by atoms with Crippen LogP contribution in [0.25, 0.3) is 0 Å². The summed E-state index contributed by atoms with van der Waals surface area (Å²) in [6.07, 6.45) is 2.15. The van der Waals surface area contributed by atoms with Gasteiger partial charge in [0.05, 0.1) is 4.90 Å². The molecule has 21 heavy (non-hydrogen) atoms. The lowest BCUT2D eigenvalue weighted by atomic mass is 10.1. The highest BCUT2D eigenvalue weighted by molar-refractivity contribution is 7.89. The molecule has 1 saturated heterocycles. The zero-order valence-electron chi connectivity index (χ0n) is 11.8. The van der Waals surface area contributed by atoms with Gasteiger partial charge in [0.1, 0.15) is 0 Å². The van der Waals surface area contributed by atoms with Crippen molar-refractivity contribution < 1.29 is 18.3 Å². The second-order valence-electron chi connectivity index (χ2n) is 5.02. The van der Waals surface area contributed by atoms with Crippen LogP contribution < -0.4 is 0 Å². The molecule has 0 unspecified atom stereocenters. The summed E-state index contributed by atoms with van der Waals surface area (Å²) in [6.45, 7) is 1.64. The van der Waals surface area contributed by atoms with Crippen LogP contribution in [0.3, 0.4) is 0 Å². The molecular weight excluding hydrogens is 292 g/mol. The normalized spacial score (nSPS) is 16.9. The monoisotopic (exact) mass is 312 g/mol. The van der Waals surface area contributed by atoms with E-state index in [1.165, 1.54) is 4.31 Å². The summed E-state index contributed by atoms with van der Waals surface area (Å²) < 4.78 is 26.4. The maximum atomic E-state index is 12.5. The van der Waals surface area contributed by atoms with Gasteiger partial charge in [-0.2, -0.15) is 4.31 Å². The van der Waals surface area contributed by atoms with Gasteiger partial charge >= 0.3 is 0 Å². The summed E-state index contributed by atoms with van der Waals surface area (Å²) in [4.78, 5) is 12.5. The molecule has 1 fully saturated rings. The maximum Gasteiger partial charge on any atom is 0.243 e. The maximum absolute atomic E-state index is 12.5. The standard InChI is InChI=1S/C14H20N2O4S/c17-11-1-2-13-3-5-14(6-4-13)21(19,20)16-9-7-15(12-18)8-10-16/h3-6,12,17H,1-2,7-11H2. The van der Waals surface area contributed by atoms with Crippen LogP contribution in [0.1, 0.15) is 12.0 Å². The smallest absolute Gasteiger partial charge is 0.243 e. The molecule has 7 heteroatoms. The highest BCUT2D eigenvalue weighted by Gasteiger charge is 2.27. The van der Waals surface area contributed by atoms with E-state index in [9.17, 15) is 13.2 Å². The van der Waals surface area contributed by atoms with Crippen LogP contribution in [0.5, 0.6) is 0 Å². The van der Waals surface area contributed by atoms with Crippen molar-refractivity contribution in [1.29, 1.82) is 0 Å². The number of piperazine rings is 1. The van der Waals surface area contributed by atoms with Crippen LogP contribution in [0.4, 0.5) is 0 Å². The molecule has 0 aromatic heterocycles. The minimum absolute atomic E-state index is 0.126. The number of rotatable bonds is 6. The van der Waals surface area contributed by atoms with Crippen LogP contribution in [0.2, 0.25) is 0 Å². The van der Waals surface area contributed by atoms with Crippen molar-refractivity contribution in [2.45, 2.75) is 17.7 Å². The number of carbonyl (C=O) groups is 1. The Hall–Kier alpha value is -1.44. The Morgan fingerprint density at radius 3 is 2.24 bits per heavy atom. The topological polar surface area (TPSA) is 77.9 Å². The van der Waals surface area contributed by atoms with Gasteiger partial charge in [-0.3, -0.25) is 4.79 Å². The van der Waals surface area contributed by atoms with Crippen molar-refractivity contribution >= 4 is 16.4 Å². The third kappa shape index (κ3) is 3.81. The number of aliphatic hydroxyl groups excluding tert-OH is 1. The number of carbonyl (C=O) groups excluding carboxylic acids is 1. The van der Waals surface area contributed by atoms with Crippen molar-refractivity contribution in [2.75, 3.05) is 32.8 Å². The molecule has 0 saturated carbocycles. The summed E-state index contributed by atoms with van der Waals surface area (Å²) in [5.41, 5.74) is 1.01. The molecule has 116 valence electrons. The highest BCUT2D eigenvalue weighted by atomic mass is 32.2. The van der Waals surface area contributed by atoms with E-state index in [0.717, 1.165) is 18.4 Å². The summed E-state index contributed by atoms with van der Waals surface area (Å²) in [7, 11) is -3.49. The van der Waals surface area contributed by atoms with E-state index in [1.807, 2.05) is 0 Å². The Bertz CT molecular complexity index is 563. The molecule has 1 aromatic carbocycles. The Morgan fingerprint density at radius 1 is 1.10 bits per heavy atom. The molecule has 0 bridgehead atoms. The van der Waals surface area contributed by atoms with Crippen molar-refractivity contribution in [1.82, 2.24) is 9.21 Å². The van der Waals surface area contributed by atoms with E-state index in [-0.39, 0.29) is 11.5 Å². The summed E-state index contributed by atoms with van der Waals surface area (Å²) in [5.74, 6) is 0. The van der Waals surface area contributed by atoms with Gasteiger partial charge in [-0.15, -0.1) is 0 Å². The van der Waals surface area contributed by atoms with Crippen LogP contribution in [0, 0.1) is 0 Å². The molecule has 1 N–H and O–H groups in total. The molecule has 1 aliphatic rings. The number of aryl methyl sites for hydroxylation is 1. The van der Waals surface area contributed by atoms with Gasteiger partial charge in [-0.25, -0.2) is 8.42 Å². The fourth-order valence-corrected chi connectivity index (χ4v) is 3.73. The van der Waals surface area contributed by atoms with Gasteiger partial charge in [-0.1, -0.05) is 12.1 Å². The fraction of sp³-hybridized carbons (Fsp3) is 0.500. The molecule has 0 aliphatic carbocycles. The van der Waals surface area contributed by atoms with Crippen LogP contribution in [-0.4, -0.2) is 61.9 Å². The van der Waals surface area contributed by atoms with Gasteiger partial charge < -0.3 is 10.0 Å². The first kappa shape index (κ1) is 15.9. The molecular formula is C14H20N2O4S. The largest absolute Gasteiger partial charge is 0.396 e.